The van der Waals surface area contributed by atoms with Gasteiger partial charge in [-0.1, -0.05) is 6.92 Å². The topological polar surface area (TPSA) is 95.7 Å². The summed E-state index contributed by atoms with van der Waals surface area (Å²) in [5.74, 6) is -0.446. The zero-order chi connectivity index (χ0) is 15.8. The molecule has 0 atom stereocenters. The SMILES string of the molecule is CCCNc1ccc([N+](=O)[O-])c(C(=O)N(CC)CCO)c1. The molecular weight excluding hydrogens is 274 g/mol. The van der Waals surface area contributed by atoms with Crippen molar-refractivity contribution in [2.24, 2.45) is 0 Å². The third kappa shape index (κ3) is 4.42. The van der Waals surface area contributed by atoms with Crippen molar-refractivity contribution >= 4 is 17.3 Å². The third-order valence-corrected chi connectivity index (χ3v) is 3.04. The number of benzene rings is 1. The highest BCUT2D eigenvalue weighted by Crippen LogP contribution is 2.24. The van der Waals surface area contributed by atoms with Gasteiger partial charge in [-0.3, -0.25) is 14.9 Å². The van der Waals surface area contributed by atoms with E-state index in [1.54, 1.807) is 13.0 Å². The van der Waals surface area contributed by atoms with E-state index in [1.807, 2.05) is 6.92 Å². The van der Waals surface area contributed by atoms with Crippen molar-refractivity contribution < 1.29 is 14.8 Å². The average molecular weight is 295 g/mol. The van der Waals surface area contributed by atoms with Crippen LogP contribution in [0.3, 0.4) is 0 Å². The van der Waals surface area contributed by atoms with E-state index in [0.717, 1.165) is 13.0 Å². The second kappa shape index (κ2) is 8.21. The second-order valence-electron chi connectivity index (χ2n) is 4.52. The Kier molecular flexibility index (Phi) is 6.61. The number of nitrogens with one attached hydrogen (secondary N) is 1. The van der Waals surface area contributed by atoms with Gasteiger partial charge in [0.1, 0.15) is 5.56 Å². The van der Waals surface area contributed by atoms with Crippen LogP contribution in [0.4, 0.5) is 11.4 Å². The third-order valence-electron chi connectivity index (χ3n) is 3.04. The number of carbonyl (C=O) groups excluding carboxylic acids is 1. The van der Waals surface area contributed by atoms with Crippen LogP contribution >= 0.6 is 0 Å². The number of nitro groups is 1. The first-order valence-electron chi connectivity index (χ1n) is 6.97. The zero-order valence-electron chi connectivity index (χ0n) is 12.3. The molecular formula is C14H21N3O4. The lowest BCUT2D eigenvalue weighted by Gasteiger charge is -2.20. The quantitative estimate of drug-likeness (QED) is 0.564. The normalized spacial score (nSPS) is 10.2. The molecule has 0 spiro atoms. The number of aliphatic hydroxyl groups is 1. The number of anilines is 1. The first kappa shape index (κ1) is 16.9. The monoisotopic (exact) mass is 295 g/mol. The Bertz CT molecular complexity index is 505. The zero-order valence-corrected chi connectivity index (χ0v) is 12.3. The number of likely N-dealkylation sites (N-methyl/N-ethyl adjacent to an activating group) is 1. The fraction of sp³-hybridized carbons (Fsp3) is 0.500. The van der Waals surface area contributed by atoms with Crippen LogP contribution in [0.5, 0.6) is 0 Å². The van der Waals surface area contributed by atoms with Gasteiger partial charge >= 0.3 is 0 Å². The molecule has 1 rings (SSSR count). The summed E-state index contributed by atoms with van der Waals surface area (Å²) < 4.78 is 0. The predicted molar refractivity (Wildman–Crippen MR) is 80.5 cm³/mol. The molecule has 0 aliphatic heterocycles. The van der Waals surface area contributed by atoms with E-state index in [0.29, 0.717) is 12.2 Å². The van der Waals surface area contributed by atoms with Crippen molar-refractivity contribution in [1.82, 2.24) is 4.90 Å². The van der Waals surface area contributed by atoms with Crippen LogP contribution in [-0.4, -0.2) is 47.1 Å². The van der Waals surface area contributed by atoms with E-state index in [-0.39, 0.29) is 24.4 Å². The molecule has 0 radical (unpaired) electrons. The molecule has 0 heterocycles. The van der Waals surface area contributed by atoms with Crippen molar-refractivity contribution in [2.75, 3.05) is 31.6 Å². The highest BCUT2D eigenvalue weighted by molar-refractivity contribution is 5.99. The Morgan fingerprint density at radius 1 is 1.43 bits per heavy atom. The molecule has 1 aromatic rings. The Hall–Kier alpha value is -2.15. The Morgan fingerprint density at radius 3 is 2.67 bits per heavy atom. The molecule has 7 heteroatoms. The van der Waals surface area contributed by atoms with E-state index in [4.69, 9.17) is 5.11 Å². The minimum atomic E-state index is -0.566. The largest absolute Gasteiger partial charge is 0.395 e. The van der Waals surface area contributed by atoms with Gasteiger partial charge in [0, 0.05) is 31.4 Å². The van der Waals surface area contributed by atoms with E-state index in [1.165, 1.54) is 17.0 Å². The predicted octanol–water partition coefficient (Wildman–Crippen LogP) is 1.87. The van der Waals surface area contributed by atoms with Gasteiger partial charge in [0.15, 0.2) is 0 Å². The van der Waals surface area contributed by atoms with Gasteiger partial charge in [-0.25, -0.2) is 0 Å². The smallest absolute Gasteiger partial charge is 0.282 e. The van der Waals surface area contributed by atoms with E-state index >= 15 is 0 Å². The number of rotatable bonds is 8. The molecule has 21 heavy (non-hydrogen) atoms. The number of aliphatic hydroxyl groups excluding tert-OH is 1. The fourth-order valence-electron chi connectivity index (χ4n) is 1.94. The summed E-state index contributed by atoms with van der Waals surface area (Å²) >= 11 is 0. The number of hydrogen-bond donors (Lipinski definition) is 2. The number of amides is 1. The molecule has 1 aromatic carbocycles. The molecule has 0 saturated carbocycles. The maximum absolute atomic E-state index is 12.4. The van der Waals surface area contributed by atoms with Crippen molar-refractivity contribution in [3.8, 4) is 0 Å². The lowest BCUT2D eigenvalue weighted by Crippen LogP contribution is -2.33. The first-order valence-corrected chi connectivity index (χ1v) is 6.97. The van der Waals surface area contributed by atoms with Crippen LogP contribution in [0.25, 0.3) is 0 Å². The van der Waals surface area contributed by atoms with Gasteiger partial charge in [0.25, 0.3) is 11.6 Å². The minimum Gasteiger partial charge on any atom is -0.395 e. The van der Waals surface area contributed by atoms with Gasteiger partial charge in [0.05, 0.1) is 11.5 Å². The highest BCUT2D eigenvalue weighted by Gasteiger charge is 2.24. The van der Waals surface area contributed by atoms with Crippen LogP contribution in [0.1, 0.15) is 30.6 Å². The molecule has 0 fully saturated rings. The number of nitro benzene ring substituents is 1. The van der Waals surface area contributed by atoms with Crippen LogP contribution in [0.2, 0.25) is 0 Å². The second-order valence-corrected chi connectivity index (χ2v) is 4.52. The fourth-order valence-corrected chi connectivity index (χ4v) is 1.94. The summed E-state index contributed by atoms with van der Waals surface area (Å²) in [4.78, 5) is 24.3. The van der Waals surface area contributed by atoms with Crippen LogP contribution in [-0.2, 0) is 0 Å². The van der Waals surface area contributed by atoms with Crippen molar-refractivity contribution in [2.45, 2.75) is 20.3 Å². The number of carbonyl (C=O) groups is 1. The highest BCUT2D eigenvalue weighted by atomic mass is 16.6. The van der Waals surface area contributed by atoms with Gasteiger partial charge in [-0.2, -0.15) is 0 Å². The van der Waals surface area contributed by atoms with Crippen LogP contribution in [0, 0.1) is 10.1 Å². The maximum atomic E-state index is 12.4. The molecule has 1 amide bonds. The Balaban J connectivity index is 3.15. The molecule has 0 aliphatic rings. The summed E-state index contributed by atoms with van der Waals surface area (Å²) in [6.07, 6.45) is 0.909. The average Bonchev–Trinajstić information content (AvgIpc) is 2.49. The maximum Gasteiger partial charge on any atom is 0.282 e. The molecule has 7 nitrogen and oxygen atoms in total. The summed E-state index contributed by atoms with van der Waals surface area (Å²) in [6, 6.07) is 4.42. The molecule has 0 unspecified atom stereocenters. The summed E-state index contributed by atoms with van der Waals surface area (Å²) in [7, 11) is 0. The van der Waals surface area contributed by atoms with Crippen molar-refractivity contribution in [1.29, 1.82) is 0 Å². The summed E-state index contributed by atoms with van der Waals surface area (Å²) in [5.41, 5.74) is 0.487. The van der Waals surface area contributed by atoms with Gasteiger partial charge in [-0.05, 0) is 25.5 Å². The molecule has 0 bridgehead atoms. The molecule has 116 valence electrons. The molecule has 0 aromatic heterocycles. The minimum absolute atomic E-state index is 0.0383. The summed E-state index contributed by atoms with van der Waals surface area (Å²) in [6.45, 7) is 4.84. The Labute approximate surface area is 123 Å². The van der Waals surface area contributed by atoms with Crippen LogP contribution < -0.4 is 5.32 Å². The van der Waals surface area contributed by atoms with Crippen molar-refractivity contribution in [3.63, 3.8) is 0 Å². The van der Waals surface area contributed by atoms with Crippen LogP contribution in [0.15, 0.2) is 18.2 Å². The van der Waals surface area contributed by atoms with E-state index < -0.39 is 10.8 Å². The van der Waals surface area contributed by atoms with Gasteiger partial charge in [-0.15, -0.1) is 0 Å². The van der Waals surface area contributed by atoms with Crippen molar-refractivity contribution in [3.05, 3.63) is 33.9 Å². The van der Waals surface area contributed by atoms with E-state index in [2.05, 4.69) is 5.32 Å². The number of nitrogens with zero attached hydrogens (tertiary/aromatic N) is 2. The van der Waals surface area contributed by atoms with E-state index in [9.17, 15) is 14.9 Å². The Morgan fingerprint density at radius 2 is 2.14 bits per heavy atom. The standard InChI is InChI=1S/C14H21N3O4/c1-3-7-15-11-5-6-13(17(20)21)12(10-11)14(19)16(4-2)8-9-18/h5-6,10,15,18H,3-4,7-9H2,1-2H3. The lowest BCUT2D eigenvalue weighted by atomic mass is 10.1. The summed E-state index contributed by atoms with van der Waals surface area (Å²) in [5, 5.41) is 23.2. The molecule has 0 aliphatic carbocycles. The van der Waals surface area contributed by atoms with Gasteiger partial charge < -0.3 is 15.3 Å². The first-order chi connectivity index (χ1) is 10.0. The van der Waals surface area contributed by atoms with Gasteiger partial charge in [0.2, 0.25) is 0 Å². The lowest BCUT2D eigenvalue weighted by molar-refractivity contribution is -0.385. The number of hydrogen-bond acceptors (Lipinski definition) is 5. The molecule has 0 saturated heterocycles. The molecule has 2 N–H and O–H groups in total.